The monoisotopic (exact) mass is 223 g/mol. The van der Waals surface area contributed by atoms with Gasteiger partial charge in [0.2, 0.25) is 5.91 Å². The second-order valence-electron chi connectivity index (χ2n) is 3.62. The van der Waals surface area contributed by atoms with Crippen LogP contribution in [0.1, 0.15) is 17.2 Å². The first-order chi connectivity index (χ1) is 7.50. The number of hydrogen-bond acceptors (Lipinski definition) is 3. The van der Waals surface area contributed by atoms with Crippen LogP contribution in [-0.4, -0.2) is 22.2 Å². The maximum absolute atomic E-state index is 13.0. The summed E-state index contributed by atoms with van der Waals surface area (Å²) in [6, 6.07) is 3.71. The number of halogens is 1. The number of fused-ring (bicyclic) bond motifs is 1. The molecule has 4 nitrogen and oxygen atoms in total. The van der Waals surface area contributed by atoms with E-state index in [-0.39, 0.29) is 5.57 Å². The van der Waals surface area contributed by atoms with Gasteiger partial charge in [-0.25, -0.2) is 4.39 Å². The first-order valence-electron chi connectivity index (χ1n) is 4.67. The van der Waals surface area contributed by atoms with Crippen LogP contribution in [0.15, 0.2) is 24.3 Å². The Morgan fingerprint density at radius 1 is 1.38 bits per heavy atom. The largest absolute Gasteiger partial charge is 0.385 e. The van der Waals surface area contributed by atoms with E-state index >= 15 is 0 Å². The normalized spacial score (nSPS) is 25.8. The molecule has 0 radical (unpaired) electrons. The molecule has 0 saturated carbocycles. The molecule has 5 heteroatoms. The summed E-state index contributed by atoms with van der Waals surface area (Å²) in [6.07, 6.45) is -1.40. The van der Waals surface area contributed by atoms with Crippen molar-refractivity contribution < 1.29 is 19.4 Å². The zero-order chi connectivity index (χ0) is 11.9. The highest BCUT2D eigenvalue weighted by Gasteiger charge is 2.34. The third kappa shape index (κ3) is 1.60. The van der Waals surface area contributed by atoms with Crippen molar-refractivity contribution in [3.8, 4) is 0 Å². The van der Waals surface area contributed by atoms with Crippen LogP contribution >= 0.6 is 0 Å². The Labute approximate surface area is 90.8 Å². The van der Waals surface area contributed by atoms with E-state index in [1.165, 1.54) is 12.1 Å². The number of nitrogens with two attached hydrogens (primary N) is 1. The lowest BCUT2D eigenvalue weighted by Crippen LogP contribution is -2.14. The van der Waals surface area contributed by atoms with Crippen molar-refractivity contribution in [1.82, 2.24) is 0 Å². The molecule has 4 N–H and O–H groups in total. The predicted octanol–water partition coefficient (Wildman–Crippen LogP) is 0.102. The second kappa shape index (κ2) is 3.70. The molecule has 2 atom stereocenters. The van der Waals surface area contributed by atoms with E-state index in [2.05, 4.69) is 0 Å². The van der Waals surface area contributed by atoms with Crippen molar-refractivity contribution >= 4 is 11.5 Å². The van der Waals surface area contributed by atoms with Gasteiger partial charge >= 0.3 is 0 Å². The number of rotatable bonds is 1. The summed E-state index contributed by atoms with van der Waals surface area (Å²) in [6.45, 7) is 0. The maximum Gasteiger partial charge on any atom is 0.241 e. The minimum Gasteiger partial charge on any atom is -0.385 e. The van der Waals surface area contributed by atoms with Crippen LogP contribution in [0.5, 0.6) is 0 Å². The number of primary amides is 1. The van der Waals surface area contributed by atoms with E-state index in [1.54, 1.807) is 0 Å². The Kier molecular flexibility index (Phi) is 2.49. The Morgan fingerprint density at radius 2 is 2.06 bits per heavy atom. The number of aliphatic hydroxyl groups excluding tert-OH is 2. The first kappa shape index (κ1) is 10.8. The number of benzene rings is 1. The zero-order valence-corrected chi connectivity index (χ0v) is 8.22. The topological polar surface area (TPSA) is 83.6 Å². The number of carbonyl (C=O) groups excluding carboxylic acids is 1. The molecule has 2 rings (SSSR count). The van der Waals surface area contributed by atoms with Crippen LogP contribution in [0.2, 0.25) is 0 Å². The lowest BCUT2D eigenvalue weighted by Gasteiger charge is -2.08. The van der Waals surface area contributed by atoms with Crippen LogP contribution in [-0.2, 0) is 4.79 Å². The fraction of sp³-hybridized carbons (Fsp3) is 0.182. The van der Waals surface area contributed by atoms with Gasteiger partial charge in [0.15, 0.2) is 0 Å². The molecular formula is C11H10FNO3. The lowest BCUT2D eigenvalue weighted by atomic mass is 10.1. The summed E-state index contributed by atoms with van der Waals surface area (Å²) in [5.41, 5.74) is 5.83. The van der Waals surface area contributed by atoms with E-state index in [9.17, 15) is 19.4 Å². The number of carbonyl (C=O) groups is 1. The number of hydrogen-bond donors (Lipinski definition) is 3. The molecule has 1 aliphatic carbocycles. The molecule has 0 aromatic heterocycles. The molecule has 1 aromatic carbocycles. The Hall–Kier alpha value is -1.72. The van der Waals surface area contributed by atoms with Gasteiger partial charge in [-0.15, -0.1) is 0 Å². The smallest absolute Gasteiger partial charge is 0.241 e. The van der Waals surface area contributed by atoms with Crippen molar-refractivity contribution in [2.24, 2.45) is 5.73 Å². The molecule has 0 spiro atoms. The van der Waals surface area contributed by atoms with Crippen molar-refractivity contribution in [2.45, 2.75) is 12.2 Å². The van der Waals surface area contributed by atoms with Crippen molar-refractivity contribution in [2.75, 3.05) is 0 Å². The van der Waals surface area contributed by atoms with Crippen molar-refractivity contribution in [1.29, 1.82) is 0 Å². The molecule has 1 aliphatic rings. The summed E-state index contributed by atoms with van der Waals surface area (Å²) in [7, 11) is 0. The summed E-state index contributed by atoms with van der Waals surface area (Å²) < 4.78 is 13.0. The molecule has 16 heavy (non-hydrogen) atoms. The molecule has 2 unspecified atom stereocenters. The molecule has 0 saturated heterocycles. The van der Waals surface area contributed by atoms with Crippen LogP contribution in [0.25, 0.3) is 5.57 Å². The van der Waals surface area contributed by atoms with Crippen molar-refractivity contribution in [3.63, 3.8) is 0 Å². The van der Waals surface area contributed by atoms with E-state index in [4.69, 9.17) is 5.73 Å². The average Bonchev–Trinajstić information content (AvgIpc) is 2.43. The van der Waals surface area contributed by atoms with E-state index < -0.39 is 23.9 Å². The number of amides is 1. The predicted molar refractivity (Wildman–Crippen MR) is 54.5 cm³/mol. The van der Waals surface area contributed by atoms with Gasteiger partial charge in [0.05, 0.1) is 0 Å². The number of aliphatic hydroxyl groups is 2. The highest BCUT2D eigenvalue weighted by atomic mass is 19.1. The Morgan fingerprint density at radius 3 is 2.69 bits per heavy atom. The molecule has 0 heterocycles. The van der Waals surface area contributed by atoms with Gasteiger partial charge in [0, 0.05) is 6.08 Å². The third-order valence-corrected chi connectivity index (χ3v) is 2.56. The molecule has 0 bridgehead atoms. The standard InChI is InChI=1S/C11H10FNO3/c12-5-1-2-6-7(3-5)8(4-9(13)14)11(16)10(6)15/h1-4,10-11,15-16H,(H2,13,14). The van der Waals surface area contributed by atoms with Crippen LogP contribution in [0.4, 0.5) is 4.39 Å². The van der Waals surface area contributed by atoms with Crippen molar-refractivity contribution in [3.05, 3.63) is 41.2 Å². The first-order valence-corrected chi connectivity index (χ1v) is 4.67. The third-order valence-electron chi connectivity index (χ3n) is 2.56. The van der Waals surface area contributed by atoms with Gasteiger partial charge in [-0.3, -0.25) is 4.79 Å². The van der Waals surface area contributed by atoms with E-state index in [0.29, 0.717) is 11.1 Å². The Bertz CT molecular complexity index is 484. The maximum atomic E-state index is 13.0. The summed E-state index contributed by atoms with van der Waals surface area (Å²) >= 11 is 0. The molecule has 0 fully saturated rings. The minimum absolute atomic E-state index is 0.148. The van der Waals surface area contributed by atoms with Gasteiger partial charge in [0.1, 0.15) is 18.0 Å². The zero-order valence-electron chi connectivity index (χ0n) is 8.22. The summed E-state index contributed by atoms with van der Waals surface area (Å²) in [5.74, 6) is -1.26. The highest BCUT2D eigenvalue weighted by molar-refractivity contribution is 5.96. The minimum atomic E-state index is -1.25. The fourth-order valence-electron chi connectivity index (χ4n) is 1.85. The van der Waals surface area contributed by atoms with Gasteiger partial charge in [-0.1, -0.05) is 6.07 Å². The van der Waals surface area contributed by atoms with Gasteiger partial charge in [-0.2, -0.15) is 0 Å². The van der Waals surface area contributed by atoms with Crippen LogP contribution < -0.4 is 5.73 Å². The quantitative estimate of drug-likeness (QED) is 0.590. The Balaban J connectivity index is 2.60. The van der Waals surface area contributed by atoms with E-state index in [1.807, 2.05) is 0 Å². The van der Waals surface area contributed by atoms with E-state index in [0.717, 1.165) is 12.1 Å². The summed E-state index contributed by atoms with van der Waals surface area (Å²) in [4.78, 5) is 10.8. The second-order valence-corrected chi connectivity index (χ2v) is 3.62. The van der Waals surface area contributed by atoms with Crippen LogP contribution in [0, 0.1) is 5.82 Å². The highest BCUT2D eigenvalue weighted by Crippen LogP contribution is 2.39. The molecule has 0 aliphatic heterocycles. The molecule has 84 valence electrons. The van der Waals surface area contributed by atoms with Gasteiger partial charge < -0.3 is 15.9 Å². The average molecular weight is 223 g/mol. The van der Waals surface area contributed by atoms with Gasteiger partial charge in [-0.05, 0) is 28.8 Å². The SMILES string of the molecule is NC(=O)C=C1c2cc(F)ccc2C(O)C1O. The molecular weight excluding hydrogens is 213 g/mol. The van der Waals surface area contributed by atoms with Gasteiger partial charge in [0.25, 0.3) is 0 Å². The van der Waals surface area contributed by atoms with Crippen LogP contribution in [0.3, 0.4) is 0 Å². The molecule has 1 amide bonds. The fourth-order valence-corrected chi connectivity index (χ4v) is 1.85. The molecule has 1 aromatic rings. The summed E-state index contributed by atoms with van der Waals surface area (Å²) in [5, 5.41) is 19.3. The lowest BCUT2D eigenvalue weighted by molar-refractivity contribution is -0.113.